The number of carbonyl (C=O) groups is 2. The van der Waals surface area contributed by atoms with E-state index in [4.69, 9.17) is 14.2 Å². The lowest BCUT2D eigenvalue weighted by molar-refractivity contribution is -0.152. The molecule has 0 aromatic heterocycles. The van der Waals surface area contributed by atoms with Crippen LogP contribution in [0.2, 0.25) is 0 Å². The Labute approximate surface area is 141 Å². The van der Waals surface area contributed by atoms with Crippen LogP contribution in [0, 0.1) is 0 Å². The monoisotopic (exact) mass is 334 g/mol. The van der Waals surface area contributed by atoms with Gasteiger partial charge in [-0.1, -0.05) is 12.1 Å². The maximum Gasteiger partial charge on any atom is 0.377 e. The molecule has 1 amide bonds. The van der Waals surface area contributed by atoms with Gasteiger partial charge in [0.25, 0.3) is 5.91 Å². The lowest BCUT2D eigenvalue weighted by atomic mass is 10.2. The number of ether oxygens (including phenoxy) is 3. The molecule has 0 fully saturated rings. The van der Waals surface area contributed by atoms with Gasteiger partial charge in [-0.15, -0.1) is 0 Å². The number of benzene rings is 1. The lowest BCUT2D eigenvalue weighted by Crippen LogP contribution is -2.31. The van der Waals surface area contributed by atoms with Crippen molar-refractivity contribution in [2.24, 2.45) is 0 Å². The zero-order valence-corrected chi connectivity index (χ0v) is 14.2. The van der Waals surface area contributed by atoms with Crippen LogP contribution in [-0.4, -0.2) is 57.7 Å². The van der Waals surface area contributed by atoms with Crippen molar-refractivity contribution in [2.45, 2.75) is 6.54 Å². The van der Waals surface area contributed by atoms with E-state index in [2.05, 4.69) is 0 Å². The molecule has 0 spiro atoms. The van der Waals surface area contributed by atoms with Gasteiger partial charge < -0.3 is 24.0 Å². The van der Waals surface area contributed by atoms with Crippen LogP contribution in [0.5, 0.6) is 0 Å². The Morgan fingerprint density at radius 3 is 2.42 bits per heavy atom. The molecule has 0 aliphatic carbocycles. The van der Waals surface area contributed by atoms with E-state index in [9.17, 15) is 9.59 Å². The first-order valence-corrected chi connectivity index (χ1v) is 7.59. The molecule has 0 saturated carbocycles. The molecule has 1 aliphatic heterocycles. The highest BCUT2D eigenvalue weighted by Gasteiger charge is 2.19. The van der Waals surface area contributed by atoms with E-state index in [0.717, 1.165) is 11.3 Å². The zero-order valence-electron chi connectivity index (χ0n) is 14.2. The van der Waals surface area contributed by atoms with Gasteiger partial charge in [0.1, 0.15) is 19.5 Å². The molecule has 0 bridgehead atoms. The van der Waals surface area contributed by atoms with Crippen LogP contribution in [0.3, 0.4) is 0 Å². The first-order valence-electron chi connectivity index (χ1n) is 7.59. The van der Waals surface area contributed by atoms with E-state index in [1.54, 1.807) is 7.05 Å². The second kappa shape index (κ2) is 8.24. The maximum absolute atomic E-state index is 12.1. The van der Waals surface area contributed by atoms with E-state index < -0.39 is 5.97 Å². The number of hydrogen-bond acceptors (Lipinski definition) is 6. The Morgan fingerprint density at radius 1 is 1.12 bits per heavy atom. The summed E-state index contributed by atoms with van der Waals surface area (Å²) in [4.78, 5) is 27.3. The maximum atomic E-state index is 12.1. The predicted octanol–water partition coefficient (Wildman–Crippen LogP) is 1.14. The van der Waals surface area contributed by atoms with Crippen molar-refractivity contribution in [3.8, 4) is 0 Å². The van der Waals surface area contributed by atoms with Crippen LogP contribution < -0.4 is 4.90 Å². The summed E-state index contributed by atoms with van der Waals surface area (Å²) in [6, 6.07) is 7.90. The van der Waals surface area contributed by atoms with E-state index in [-0.39, 0.29) is 24.9 Å². The van der Waals surface area contributed by atoms with Crippen molar-refractivity contribution in [1.29, 1.82) is 0 Å². The molecular weight excluding hydrogens is 312 g/mol. The van der Waals surface area contributed by atoms with Crippen molar-refractivity contribution in [2.75, 3.05) is 45.9 Å². The number of amides is 1. The van der Waals surface area contributed by atoms with Crippen LogP contribution in [0.15, 0.2) is 36.3 Å². The third kappa shape index (κ3) is 4.91. The minimum absolute atomic E-state index is 0.0176. The van der Waals surface area contributed by atoms with Crippen molar-refractivity contribution < 1.29 is 23.8 Å². The highest BCUT2D eigenvalue weighted by atomic mass is 16.6. The molecule has 2 rings (SSSR count). The predicted molar refractivity (Wildman–Crippen MR) is 88.2 cm³/mol. The summed E-state index contributed by atoms with van der Waals surface area (Å²) in [5.41, 5.74) is 2.08. The average Bonchev–Trinajstić information content (AvgIpc) is 2.60. The van der Waals surface area contributed by atoms with Gasteiger partial charge in [-0.3, -0.25) is 4.79 Å². The number of carbonyl (C=O) groups excluding carboxylic acids is 2. The smallest absolute Gasteiger partial charge is 0.377 e. The Balaban J connectivity index is 1.81. The second-order valence-electron chi connectivity index (χ2n) is 5.59. The van der Waals surface area contributed by atoms with Crippen molar-refractivity contribution >= 4 is 17.6 Å². The van der Waals surface area contributed by atoms with Gasteiger partial charge in [0, 0.05) is 33.4 Å². The number of rotatable bonds is 6. The number of hydrogen-bond donors (Lipinski definition) is 0. The van der Waals surface area contributed by atoms with Gasteiger partial charge in [0.05, 0.1) is 0 Å². The normalized spacial score (nSPS) is 13.2. The molecule has 1 aliphatic rings. The number of esters is 1. The second-order valence-corrected chi connectivity index (χ2v) is 5.59. The minimum Gasteiger partial charge on any atom is -0.493 e. The van der Waals surface area contributed by atoms with Crippen molar-refractivity contribution in [3.63, 3.8) is 0 Å². The molecule has 1 aromatic rings. The largest absolute Gasteiger partial charge is 0.493 e. The van der Waals surface area contributed by atoms with Gasteiger partial charge in [-0.05, 0) is 17.7 Å². The van der Waals surface area contributed by atoms with E-state index in [1.807, 2.05) is 43.3 Å². The molecule has 24 heavy (non-hydrogen) atoms. The topological polar surface area (TPSA) is 68.3 Å². The summed E-state index contributed by atoms with van der Waals surface area (Å²) in [7, 11) is 5.60. The third-order valence-corrected chi connectivity index (χ3v) is 3.48. The SMILES string of the molecule is CN(Cc1ccc(N(C)C)cc1)C(=O)COC(=O)C1=COCCO1. The van der Waals surface area contributed by atoms with Crippen LogP contribution in [0.1, 0.15) is 5.56 Å². The molecule has 0 N–H and O–H groups in total. The van der Waals surface area contributed by atoms with Gasteiger partial charge in [-0.25, -0.2) is 4.79 Å². The summed E-state index contributed by atoms with van der Waals surface area (Å²) in [6.45, 7) is 0.779. The third-order valence-electron chi connectivity index (χ3n) is 3.48. The van der Waals surface area contributed by atoms with Gasteiger partial charge in [0.15, 0.2) is 6.61 Å². The van der Waals surface area contributed by atoms with Gasteiger partial charge in [-0.2, -0.15) is 0 Å². The summed E-state index contributed by atoms with van der Waals surface area (Å²) < 4.78 is 15.0. The lowest BCUT2D eigenvalue weighted by Gasteiger charge is -2.19. The zero-order chi connectivity index (χ0) is 17.5. The number of nitrogens with zero attached hydrogens (tertiary/aromatic N) is 2. The van der Waals surface area contributed by atoms with Gasteiger partial charge in [0.2, 0.25) is 5.76 Å². The molecule has 1 aromatic carbocycles. The van der Waals surface area contributed by atoms with Crippen LogP contribution in [0.4, 0.5) is 5.69 Å². The first kappa shape index (κ1) is 17.7. The molecular formula is C17H22N2O5. The molecule has 0 unspecified atom stereocenters. The summed E-state index contributed by atoms with van der Waals surface area (Å²) in [6.07, 6.45) is 1.20. The fraction of sp³-hybridized carbons (Fsp3) is 0.412. The van der Waals surface area contributed by atoms with E-state index >= 15 is 0 Å². The fourth-order valence-electron chi connectivity index (χ4n) is 2.05. The molecule has 7 heteroatoms. The molecule has 0 atom stereocenters. The van der Waals surface area contributed by atoms with Crippen molar-refractivity contribution in [1.82, 2.24) is 4.90 Å². The fourth-order valence-corrected chi connectivity index (χ4v) is 2.05. The van der Waals surface area contributed by atoms with E-state index in [0.29, 0.717) is 13.2 Å². The molecule has 130 valence electrons. The molecule has 0 saturated heterocycles. The van der Waals surface area contributed by atoms with E-state index in [1.165, 1.54) is 11.2 Å². The minimum atomic E-state index is -0.702. The highest BCUT2D eigenvalue weighted by molar-refractivity contribution is 5.88. The quantitative estimate of drug-likeness (QED) is 0.727. The number of likely N-dealkylation sites (N-methyl/N-ethyl adjacent to an activating group) is 1. The van der Waals surface area contributed by atoms with Crippen molar-refractivity contribution in [3.05, 3.63) is 41.9 Å². The standard InChI is InChI=1S/C17H22N2O5/c1-18(2)14-6-4-13(5-7-14)10-19(3)16(20)12-24-17(21)15-11-22-8-9-23-15/h4-7,11H,8-10,12H2,1-3H3. The molecule has 7 nitrogen and oxygen atoms in total. The highest BCUT2D eigenvalue weighted by Crippen LogP contribution is 2.13. The van der Waals surface area contributed by atoms with Crippen LogP contribution in [-0.2, 0) is 30.3 Å². The Morgan fingerprint density at radius 2 is 1.83 bits per heavy atom. The summed E-state index contributed by atoms with van der Waals surface area (Å²) >= 11 is 0. The Hall–Kier alpha value is -2.70. The number of anilines is 1. The van der Waals surface area contributed by atoms with Crippen LogP contribution >= 0.6 is 0 Å². The summed E-state index contributed by atoms with van der Waals surface area (Å²) in [5, 5.41) is 0. The van der Waals surface area contributed by atoms with Crippen LogP contribution in [0.25, 0.3) is 0 Å². The Bertz CT molecular complexity index is 610. The average molecular weight is 334 g/mol. The molecule has 1 heterocycles. The molecule has 0 radical (unpaired) electrons. The van der Waals surface area contributed by atoms with Gasteiger partial charge >= 0.3 is 5.97 Å². The Kier molecular flexibility index (Phi) is 6.06. The first-order chi connectivity index (χ1) is 11.5. The summed E-state index contributed by atoms with van der Waals surface area (Å²) in [5.74, 6) is -1.01.